The number of hydrogen-bond acceptors (Lipinski definition) is 3. The van der Waals surface area contributed by atoms with E-state index in [9.17, 15) is 9.59 Å². The molecule has 0 aromatic heterocycles. The van der Waals surface area contributed by atoms with Gasteiger partial charge in [0.1, 0.15) is 0 Å². The molecule has 1 amide bonds. The van der Waals surface area contributed by atoms with E-state index in [2.05, 4.69) is 19.2 Å². The van der Waals surface area contributed by atoms with Crippen LogP contribution in [0.3, 0.4) is 0 Å². The van der Waals surface area contributed by atoms with Crippen molar-refractivity contribution in [1.29, 1.82) is 0 Å². The van der Waals surface area contributed by atoms with E-state index in [0.717, 1.165) is 19.3 Å². The zero-order valence-electron chi connectivity index (χ0n) is 12.2. The van der Waals surface area contributed by atoms with E-state index in [1.54, 1.807) is 11.8 Å². The van der Waals surface area contributed by atoms with Crippen molar-refractivity contribution in [2.45, 2.75) is 46.1 Å². The summed E-state index contributed by atoms with van der Waals surface area (Å²) in [6.45, 7) is 7.32. The molecule has 0 aliphatic heterocycles. The molecule has 2 N–H and O–H groups in total. The molecule has 1 fully saturated rings. The lowest BCUT2D eigenvalue weighted by Gasteiger charge is -2.26. The maximum Gasteiger partial charge on any atom is 0.317 e. The van der Waals surface area contributed by atoms with Gasteiger partial charge < -0.3 is 10.4 Å². The lowest BCUT2D eigenvalue weighted by atomic mass is 10.1. The quantitative estimate of drug-likeness (QED) is 0.663. The standard InChI is InChI=1S/C14H26N2O3/c1-10(2)6-7-15-14(19)11(3)16(9-13(17)18)8-12-4-5-12/h10-12H,4-9H2,1-3H3,(H,15,19)(H,17,18). The number of rotatable bonds is 9. The molecule has 5 heteroatoms. The number of carboxylic acids is 1. The first-order valence-electron chi connectivity index (χ1n) is 7.13. The maximum absolute atomic E-state index is 12.0. The van der Waals surface area contributed by atoms with Gasteiger partial charge in [0, 0.05) is 13.1 Å². The number of aliphatic carboxylic acids is 1. The van der Waals surface area contributed by atoms with E-state index in [1.807, 2.05) is 0 Å². The molecule has 0 aromatic rings. The molecule has 5 nitrogen and oxygen atoms in total. The first-order chi connectivity index (χ1) is 8.90. The number of nitrogens with zero attached hydrogens (tertiary/aromatic N) is 1. The van der Waals surface area contributed by atoms with Crippen molar-refractivity contribution in [2.75, 3.05) is 19.6 Å². The predicted molar refractivity (Wildman–Crippen MR) is 73.9 cm³/mol. The Bertz CT molecular complexity index is 314. The summed E-state index contributed by atoms with van der Waals surface area (Å²) < 4.78 is 0. The van der Waals surface area contributed by atoms with Crippen LogP contribution in [0.25, 0.3) is 0 Å². The third-order valence-corrected chi connectivity index (χ3v) is 3.48. The van der Waals surface area contributed by atoms with Crippen LogP contribution in [0.2, 0.25) is 0 Å². The molecule has 0 bridgehead atoms. The highest BCUT2D eigenvalue weighted by Crippen LogP contribution is 2.30. The minimum Gasteiger partial charge on any atom is -0.480 e. The van der Waals surface area contributed by atoms with Crippen LogP contribution >= 0.6 is 0 Å². The fourth-order valence-electron chi connectivity index (χ4n) is 1.96. The summed E-state index contributed by atoms with van der Waals surface area (Å²) >= 11 is 0. The molecule has 0 radical (unpaired) electrons. The number of carbonyl (C=O) groups excluding carboxylic acids is 1. The first kappa shape index (κ1) is 16.0. The molecule has 1 atom stereocenters. The summed E-state index contributed by atoms with van der Waals surface area (Å²) in [5, 5.41) is 11.8. The largest absolute Gasteiger partial charge is 0.480 e. The number of hydrogen-bond donors (Lipinski definition) is 2. The Labute approximate surface area is 115 Å². The van der Waals surface area contributed by atoms with Crippen LogP contribution in [0.15, 0.2) is 0 Å². The van der Waals surface area contributed by atoms with Gasteiger partial charge in [-0.25, -0.2) is 0 Å². The Balaban J connectivity index is 2.41. The van der Waals surface area contributed by atoms with Gasteiger partial charge in [-0.05, 0) is 38.0 Å². The van der Waals surface area contributed by atoms with Gasteiger partial charge in [0.2, 0.25) is 5.91 Å². The van der Waals surface area contributed by atoms with E-state index in [1.165, 1.54) is 0 Å². The van der Waals surface area contributed by atoms with Crippen molar-refractivity contribution in [1.82, 2.24) is 10.2 Å². The van der Waals surface area contributed by atoms with Crippen LogP contribution in [0.5, 0.6) is 0 Å². The Morgan fingerprint density at radius 2 is 1.95 bits per heavy atom. The van der Waals surface area contributed by atoms with Gasteiger partial charge in [0.25, 0.3) is 0 Å². The van der Waals surface area contributed by atoms with E-state index in [-0.39, 0.29) is 18.5 Å². The van der Waals surface area contributed by atoms with E-state index in [4.69, 9.17) is 5.11 Å². The molecule has 19 heavy (non-hydrogen) atoms. The molecule has 1 saturated carbocycles. The van der Waals surface area contributed by atoms with Crippen LogP contribution in [-0.4, -0.2) is 47.6 Å². The van der Waals surface area contributed by atoms with Crippen LogP contribution in [0.1, 0.15) is 40.0 Å². The normalized spacial score (nSPS) is 16.7. The second-order valence-corrected chi connectivity index (χ2v) is 5.92. The Morgan fingerprint density at radius 3 is 2.42 bits per heavy atom. The summed E-state index contributed by atoms with van der Waals surface area (Å²) in [6, 6.07) is -0.371. The molecule has 0 spiro atoms. The highest BCUT2D eigenvalue weighted by molar-refractivity contribution is 5.82. The van der Waals surface area contributed by atoms with Crippen molar-refractivity contribution in [3.63, 3.8) is 0 Å². The van der Waals surface area contributed by atoms with E-state index in [0.29, 0.717) is 24.9 Å². The van der Waals surface area contributed by atoms with Gasteiger partial charge in [-0.15, -0.1) is 0 Å². The second kappa shape index (κ2) is 7.48. The Morgan fingerprint density at radius 1 is 1.32 bits per heavy atom. The molecule has 0 heterocycles. The molecular formula is C14H26N2O3. The molecule has 1 unspecified atom stereocenters. The smallest absolute Gasteiger partial charge is 0.317 e. The highest BCUT2D eigenvalue weighted by Gasteiger charge is 2.30. The summed E-state index contributed by atoms with van der Waals surface area (Å²) in [5.41, 5.74) is 0. The van der Waals surface area contributed by atoms with Gasteiger partial charge in [0.15, 0.2) is 0 Å². The first-order valence-corrected chi connectivity index (χ1v) is 7.13. The van der Waals surface area contributed by atoms with Crippen LogP contribution in [0, 0.1) is 11.8 Å². The van der Waals surface area contributed by atoms with Crippen molar-refractivity contribution >= 4 is 11.9 Å². The zero-order valence-corrected chi connectivity index (χ0v) is 12.2. The summed E-state index contributed by atoms with van der Waals surface area (Å²) in [7, 11) is 0. The zero-order chi connectivity index (χ0) is 14.4. The van der Waals surface area contributed by atoms with Gasteiger partial charge >= 0.3 is 5.97 Å². The molecule has 110 valence electrons. The molecule has 0 saturated heterocycles. The lowest BCUT2D eigenvalue weighted by Crippen LogP contribution is -2.48. The summed E-state index contributed by atoms with van der Waals surface area (Å²) in [5.74, 6) is 0.187. The fourth-order valence-corrected chi connectivity index (χ4v) is 1.96. The monoisotopic (exact) mass is 270 g/mol. The van der Waals surface area contributed by atoms with Crippen molar-refractivity contribution in [2.24, 2.45) is 11.8 Å². The molecule has 1 rings (SSSR count). The van der Waals surface area contributed by atoms with Gasteiger partial charge in [-0.2, -0.15) is 0 Å². The van der Waals surface area contributed by atoms with E-state index < -0.39 is 5.97 Å². The average Bonchev–Trinajstić information content (AvgIpc) is 3.09. The van der Waals surface area contributed by atoms with Gasteiger partial charge in [0.05, 0.1) is 12.6 Å². The second-order valence-electron chi connectivity index (χ2n) is 5.92. The lowest BCUT2D eigenvalue weighted by molar-refractivity contribution is -0.140. The fraction of sp³-hybridized carbons (Fsp3) is 0.857. The van der Waals surface area contributed by atoms with Crippen molar-refractivity contribution in [3.05, 3.63) is 0 Å². The Hall–Kier alpha value is -1.10. The SMILES string of the molecule is CC(C)CCNC(=O)C(C)N(CC(=O)O)CC1CC1. The molecule has 1 aliphatic rings. The third-order valence-electron chi connectivity index (χ3n) is 3.48. The van der Waals surface area contributed by atoms with E-state index >= 15 is 0 Å². The maximum atomic E-state index is 12.0. The van der Waals surface area contributed by atoms with Crippen LogP contribution in [-0.2, 0) is 9.59 Å². The molecule has 1 aliphatic carbocycles. The number of amides is 1. The number of carbonyl (C=O) groups is 2. The van der Waals surface area contributed by atoms with Crippen molar-refractivity contribution < 1.29 is 14.7 Å². The molecule has 0 aromatic carbocycles. The topological polar surface area (TPSA) is 69.6 Å². The minimum atomic E-state index is -0.873. The Kier molecular flexibility index (Phi) is 6.28. The van der Waals surface area contributed by atoms with Crippen LogP contribution < -0.4 is 5.32 Å². The average molecular weight is 270 g/mol. The predicted octanol–water partition coefficient (Wildman–Crippen LogP) is 1.33. The highest BCUT2D eigenvalue weighted by atomic mass is 16.4. The van der Waals surface area contributed by atoms with Crippen LogP contribution in [0.4, 0.5) is 0 Å². The van der Waals surface area contributed by atoms with Crippen molar-refractivity contribution in [3.8, 4) is 0 Å². The molecular weight excluding hydrogens is 244 g/mol. The summed E-state index contributed by atoms with van der Waals surface area (Å²) in [6.07, 6.45) is 3.25. The number of nitrogens with one attached hydrogen (secondary N) is 1. The van der Waals surface area contributed by atoms with Gasteiger partial charge in [-0.1, -0.05) is 13.8 Å². The van der Waals surface area contributed by atoms with Gasteiger partial charge in [-0.3, -0.25) is 14.5 Å². The number of carboxylic acid groups (broad SMARTS) is 1. The minimum absolute atomic E-state index is 0.0603. The summed E-state index contributed by atoms with van der Waals surface area (Å²) in [4.78, 5) is 24.6. The third kappa shape index (κ3) is 6.57.